The van der Waals surface area contributed by atoms with Crippen molar-refractivity contribution in [3.63, 3.8) is 0 Å². The number of hydrogen-bond donors (Lipinski definition) is 2. The van der Waals surface area contributed by atoms with Crippen LogP contribution >= 0.6 is 11.3 Å². The average Bonchev–Trinajstić information content (AvgIpc) is 2.91. The number of amides is 1. The van der Waals surface area contributed by atoms with E-state index in [0.717, 1.165) is 11.3 Å². The molecule has 2 atom stereocenters. The predicted octanol–water partition coefficient (Wildman–Crippen LogP) is 1.91. The average molecular weight is 288 g/mol. The standard InChI is InChI=1S/C11H13FN2O4S/c1-2-18-10(15)8-9(5-3-6(5)12)19-7(14-8)4-13-11(16)17/h5-6,13H,2-4H2,1H3,(H,16,17)/t5-,6-/m1/s1. The molecular weight excluding hydrogens is 275 g/mol. The molecule has 1 fully saturated rings. The molecule has 2 N–H and O–H groups in total. The minimum atomic E-state index is -1.18. The van der Waals surface area contributed by atoms with Crippen LogP contribution in [0.1, 0.15) is 39.6 Å². The number of carboxylic acid groups (broad SMARTS) is 1. The molecule has 0 unspecified atom stereocenters. The van der Waals surface area contributed by atoms with Gasteiger partial charge in [-0.15, -0.1) is 11.3 Å². The van der Waals surface area contributed by atoms with Gasteiger partial charge in [0.1, 0.15) is 11.2 Å². The van der Waals surface area contributed by atoms with Crippen LogP contribution in [0.3, 0.4) is 0 Å². The summed E-state index contributed by atoms with van der Waals surface area (Å²) in [6, 6.07) is 0. The Morgan fingerprint density at radius 2 is 2.32 bits per heavy atom. The number of esters is 1. The van der Waals surface area contributed by atoms with Crippen LogP contribution in [-0.4, -0.2) is 34.9 Å². The number of halogens is 1. The summed E-state index contributed by atoms with van der Waals surface area (Å²) in [4.78, 5) is 26.7. The van der Waals surface area contributed by atoms with Gasteiger partial charge in [-0.05, 0) is 13.3 Å². The van der Waals surface area contributed by atoms with Gasteiger partial charge in [0, 0.05) is 10.8 Å². The summed E-state index contributed by atoms with van der Waals surface area (Å²) in [6.07, 6.45) is -1.75. The Kier molecular flexibility index (Phi) is 3.98. The number of rotatable bonds is 5. The molecular formula is C11H13FN2O4S. The molecule has 1 aromatic rings. The molecule has 0 radical (unpaired) electrons. The summed E-state index contributed by atoms with van der Waals surface area (Å²) >= 11 is 1.15. The predicted molar refractivity (Wildman–Crippen MR) is 65.2 cm³/mol. The molecule has 6 nitrogen and oxygen atoms in total. The lowest BCUT2D eigenvalue weighted by atomic mass is 10.2. The van der Waals surface area contributed by atoms with Gasteiger partial charge >= 0.3 is 12.1 Å². The minimum absolute atomic E-state index is 0.00389. The highest BCUT2D eigenvalue weighted by atomic mass is 32.1. The maximum Gasteiger partial charge on any atom is 0.405 e. The topological polar surface area (TPSA) is 88.5 Å². The number of carbonyl (C=O) groups excluding carboxylic acids is 1. The highest BCUT2D eigenvalue weighted by Gasteiger charge is 2.43. The van der Waals surface area contributed by atoms with Gasteiger partial charge in [-0.1, -0.05) is 0 Å². The number of alkyl halides is 1. The third-order valence-corrected chi connectivity index (χ3v) is 3.79. The van der Waals surface area contributed by atoms with Gasteiger partial charge in [0.05, 0.1) is 13.2 Å². The van der Waals surface area contributed by atoms with E-state index < -0.39 is 18.2 Å². The molecule has 0 saturated heterocycles. The molecule has 1 aromatic heterocycles. The molecule has 104 valence electrons. The van der Waals surface area contributed by atoms with Gasteiger partial charge in [-0.2, -0.15) is 0 Å². The lowest BCUT2D eigenvalue weighted by Crippen LogP contribution is -2.19. The first-order valence-electron chi connectivity index (χ1n) is 5.80. The van der Waals surface area contributed by atoms with Crippen LogP contribution in [0, 0.1) is 0 Å². The Morgan fingerprint density at radius 1 is 1.63 bits per heavy atom. The van der Waals surface area contributed by atoms with Gasteiger partial charge in [0.2, 0.25) is 0 Å². The van der Waals surface area contributed by atoms with E-state index in [4.69, 9.17) is 9.84 Å². The second-order valence-electron chi connectivity index (χ2n) is 4.06. The Morgan fingerprint density at radius 3 is 2.84 bits per heavy atom. The summed E-state index contributed by atoms with van der Waals surface area (Å²) in [6.45, 7) is 1.88. The summed E-state index contributed by atoms with van der Waals surface area (Å²) in [5, 5.41) is 11.1. The van der Waals surface area contributed by atoms with Crippen molar-refractivity contribution in [3.8, 4) is 0 Å². The van der Waals surface area contributed by atoms with Crippen LogP contribution in [0.15, 0.2) is 0 Å². The number of aromatic nitrogens is 1. The van der Waals surface area contributed by atoms with Crippen molar-refractivity contribution in [3.05, 3.63) is 15.6 Å². The summed E-state index contributed by atoms with van der Waals surface area (Å²) in [5.74, 6) is -0.898. The van der Waals surface area contributed by atoms with Crippen LogP contribution in [0.25, 0.3) is 0 Å². The second kappa shape index (κ2) is 5.52. The Hall–Kier alpha value is -1.70. The second-order valence-corrected chi connectivity index (χ2v) is 5.17. The van der Waals surface area contributed by atoms with Crippen LogP contribution in [-0.2, 0) is 11.3 Å². The molecule has 0 spiro atoms. The highest BCUT2D eigenvalue weighted by Crippen LogP contribution is 2.47. The molecule has 1 aliphatic rings. The van der Waals surface area contributed by atoms with Crippen molar-refractivity contribution in [1.29, 1.82) is 0 Å². The SMILES string of the molecule is CCOC(=O)c1nc(CNC(=O)O)sc1[C@@H]1C[C@H]1F. The molecule has 1 saturated carbocycles. The molecule has 2 rings (SSSR count). The molecule has 0 aromatic carbocycles. The number of carbonyl (C=O) groups is 2. The Labute approximate surface area is 112 Å². The van der Waals surface area contributed by atoms with Crippen molar-refractivity contribution in [2.24, 2.45) is 0 Å². The van der Waals surface area contributed by atoms with Crippen molar-refractivity contribution < 1.29 is 23.8 Å². The van der Waals surface area contributed by atoms with Gasteiger partial charge in [-0.3, -0.25) is 0 Å². The normalized spacial score (nSPS) is 20.9. The van der Waals surface area contributed by atoms with E-state index in [1.54, 1.807) is 6.92 Å². The summed E-state index contributed by atoms with van der Waals surface area (Å²) < 4.78 is 18.0. The monoisotopic (exact) mass is 288 g/mol. The van der Waals surface area contributed by atoms with E-state index >= 15 is 0 Å². The van der Waals surface area contributed by atoms with Gasteiger partial charge in [-0.25, -0.2) is 19.0 Å². The van der Waals surface area contributed by atoms with Crippen molar-refractivity contribution in [2.75, 3.05) is 6.61 Å². The quantitative estimate of drug-likeness (QED) is 0.808. The first-order valence-corrected chi connectivity index (χ1v) is 6.62. The van der Waals surface area contributed by atoms with E-state index in [2.05, 4.69) is 10.3 Å². The van der Waals surface area contributed by atoms with Gasteiger partial charge in [0.15, 0.2) is 5.69 Å². The van der Waals surface area contributed by atoms with Gasteiger partial charge in [0.25, 0.3) is 0 Å². The first-order chi connectivity index (χ1) is 9.02. The summed E-state index contributed by atoms with van der Waals surface area (Å²) in [5.41, 5.74) is 0.110. The molecule has 0 aliphatic heterocycles. The fraction of sp³-hybridized carbons (Fsp3) is 0.545. The number of hydrogen-bond acceptors (Lipinski definition) is 5. The van der Waals surface area contributed by atoms with E-state index in [9.17, 15) is 14.0 Å². The number of ether oxygens (including phenoxy) is 1. The molecule has 8 heteroatoms. The highest BCUT2D eigenvalue weighted by molar-refractivity contribution is 7.12. The molecule has 19 heavy (non-hydrogen) atoms. The van der Waals surface area contributed by atoms with Crippen molar-refractivity contribution in [2.45, 2.75) is 32.0 Å². The minimum Gasteiger partial charge on any atom is -0.465 e. The van der Waals surface area contributed by atoms with E-state index in [-0.39, 0.29) is 24.8 Å². The van der Waals surface area contributed by atoms with Crippen LogP contribution in [0.5, 0.6) is 0 Å². The first kappa shape index (κ1) is 13.7. The maximum atomic E-state index is 13.1. The van der Waals surface area contributed by atoms with E-state index in [1.807, 2.05) is 0 Å². The largest absolute Gasteiger partial charge is 0.465 e. The fourth-order valence-corrected chi connectivity index (χ4v) is 2.79. The molecule has 1 amide bonds. The fourth-order valence-electron chi connectivity index (χ4n) is 1.64. The van der Waals surface area contributed by atoms with Crippen LogP contribution in [0.2, 0.25) is 0 Å². The zero-order chi connectivity index (χ0) is 14.0. The lowest BCUT2D eigenvalue weighted by molar-refractivity contribution is 0.0519. The third kappa shape index (κ3) is 3.19. The van der Waals surface area contributed by atoms with Crippen molar-refractivity contribution in [1.82, 2.24) is 10.3 Å². The third-order valence-electron chi connectivity index (χ3n) is 2.61. The van der Waals surface area contributed by atoms with Crippen molar-refractivity contribution >= 4 is 23.4 Å². The summed E-state index contributed by atoms with van der Waals surface area (Å²) in [7, 11) is 0. The Bertz CT molecular complexity index is 505. The van der Waals surface area contributed by atoms with Crippen LogP contribution < -0.4 is 5.32 Å². The van der Waals surface area contributed by atoms with E-state index in [1.165, 1.54) is 0 Å². The maximum absolute atomic E-state index is 13.1. The number of thiazole rings is 1. The zero-order valence-electron chi connectivity index (χ0n) is 10.2. The molecule has 0 bridgehead atoms. The molecule has 1 heterocycles. The molecule has 1 aliphatic carbocycles. The van der Waals surface area contributed by atoms with E-state index in [0.29, 0.717) is 16.3 Å². The smallest absolute Gasteiger partial charge is 0.405 e. The lowest BCUT2D eigenvalue weighted by Gasteiger charge is -2.00. The van der Waals surface area contributed by atoms with Crippen LogP contribution in [0.4, 0.5) is 9.18 Å². The number of nitrogens with zero attached hydrogens (tertiary/aromatic N) is 1. The Balaban J connectivity index is 2.18. The van der Waals surface area contributed by atoms with Gasteiger partial charge < -0.3 is 15.2 Å². The zero-order valence-corrected chi connectivity index (χ0v) is 11.0. The number of nitrogens with one attached hydrogen (secondary N) is 1.